The molecule has 0 saturated heterocycles. The minimum atomic E-state index is -4.21. The number of aromatic carboxylic acids is 1. The summed E-state index contributed by atoms with van der Waals surface area (Å²) < 4.78 is 26.7. The number of nitro groups is 1. The van der Waals surface area contributed by atoms with Crippen LogP contribution in [0.4, 0.5) is 5.69 Å². The van der Waals surface area contributed by atoms with Crippen LogP contribution in [0, 0.1) is 10.1 Å². The molecule has 0 fully saturated rings. The lowest BCUT2D eigenvalue weighted by atomic mass is 10.1. The highest BCUT2D eigenvalue weighted by Crippen LogP contribution is 2.33. The fourth-order valence-corrected chi connectivity index (χ4v) is 3.51. The second-order valence-corrected chi connectivity index (χ2v) is 7.25. The van der Waals surface area contributed by atoms with E-state index in [1.54, 1.807) is 20.8 Å². The Morgan fingerprint density at radius 3 is 2.29 bits per heavy atom. The fourth-order valence-electron chi connectivity index (χ4n) is 1.49. The molecule has 21 heavy (non-hydrogen) atoms. The number of carboxylic acids is 1. The molecule has 1 rings (SSSR count). The van der Waals surface area contributed by atoms with E-state index in [1.165, 1.54) is 0 Å². The molecule has 2 N–H and O–H groups in total. The Labute approximate surface area is 125 Å². The molecule has 0 spiro atoms. The molecule has 0 heterocycles. The molecule has 1 aromatic rings. The first-order chi connectivity index (χ1) is 9.35. The lowest BCUT2D eigenvalue weighted by molar-refractivity contribution is -0.384. The van der Waals surface area contributed by atoms with Crippen molar-refractivity contribution in [2.75, 3.05) is 0 Å². The second kappa shape index (κ2) is 5.58. The van der Waals surface area contributed by atoms with E-state index in [0.717, 1.165) is 6.07 Å². The highest BCUT2D eigenvalue weighted by molar-refractivity contribution is 7.89. The third-order valence-electron chi connectivity index (χ3n) is 2.19. The van der Waals surface area contributed by atoms with Crippen molar-refractivity contribution in [1.29, 1.82) is 0 Å². The van der Waals surface area contributed by atoms with Crippen LogP contribution in [0.2, 0.25) is 5.02 Å². The molecule has 0 amide bonds. The zero-order valence-corrected chi connectivity index (χ0v) is 12.9. The Morgan fingerprint density at radius 2 is 1.90 bits per heavy atom. The van der Waals surface area contributed by atoms with E-state index in [1.807, 2.05) is 0 Å². The van der Waals surface area contributed by atoms with Crippen LogP contribution < -0.4 is 4.72 Å². The molecule has 0 aliphatic heterocycles. The van der Waals surface area contributed by atoms with Crippen LogP contribution in [-0.2, 0) is 10.0 Å². The van der Waals surface area contributed by atoms with Gasteiger partial charge in [-0.25, -0.2) is 17.9 Å². The summed E-state index contributed by atoms with van der Waals surface area (Å²) in [5.41, 5.74) is -2.19. The smallest absolute Gasteiger partial charge is 0.335 e. The molecule has 0 atom stereocenters. The first-order valence-corrected chi connectivity index (χ1v) is 7.46. The Balaban J connectivity index is 3.62. The van der Waals surface area contributed by atoms with E-state index >= 15 is 0 Å². The molecule has 0 bridgehead atoms. The standard InChI is InChI=1S/C11H13ClN2O6S/c1-11(2,3)13-21(19,20)8-5-6(10(15)16)4-7(9(8)12)14(17)18/h4-5,13H,1-3H3,(H,15,16). The third kappa shape index (κ3) is 4.13. The number of hydrogen-bond acceptors (Lipinski definition) is 5. The van der Waals surface area contributed by atoms with Gasteiger partial charge in [-0.3, -0.25) is 10.1 Å². The molecule has 8 nitrogen and oxygen atoms in total. The summed E-state index contributed by atoms with van der Waals surface area (Å²) in [6.45, 7) is 4.69. The number of benzene rings is 1. The van der Waals surface area contributed by atoms with Crippen LogP contribution in [0.15, 0.2) is 17.0 Å². The van der Waals surface area contributed by atoms with Gasteiger partial charge in [-0.1, -0.05) is 11.6 Å². The number of nitrogens with one attached hydrogen (secondary N) is 1. The topological polar surface area (TPSA) is 127 Å². The van der Waals surface area contributed by atoms with Gasteiger partial charge in [-0.2, -0.15) is 0 Å². The van der Waals surface area contributed by atoms with Gasteiger partial charge in [-0.05, 0) is 26.8 Å². The lowest BCUT2D eigenvalue weighted by Crippen LogP contribution is -2.40. The summed E-state index contributed by atoms with van der Waals surface area (Å²) in [4.78, 5) is 20.3. The van der Waals surface area contributed by atoms with Gasteiger partial charge in [0.15, 0.2) is 0 Å². The third-order valence-corrected chi connectivity index (χ3v) is 4.49. The van der Waals surface area contributed by atoms with Gasteiger partial charge in [0.25, 0.3) is 5.69 Å². The van der Waals surface area contributed by atoms with Gasteiger partial charge in [-0.15, -0.1) is 0 Å². The maximum atomic E-state index is 12.2. The molecule has 116 valence electrons. The molecule has 0 radical (unpaired) electrons. The number of halogens is 1. The minimum Gasteiger partial charge on any atom is -0.478 e. The van der Waals surface area contributed by atoms with Gasteiger partial charge in [0, 0.05) is 11.6 Å². The van der Waals surface area contributed by atoms with Gasteiger partial charge < -0.3 is 5.11 Å². The SMILES string of the molecule is CC(C)(C)NS(=O)(=O)c1cc(C(=O)O)cc([N+](=O)[O-])c1Cl. The summed E-state index contributed by atoms with van der Waals surface area (Å²) in [7, 11) is -4.21. The summed E-state index contributed by atoms with van der Waals surface area (Å²) in [6, 6.07) is 1.49. The van der Waals surface area contributed by atoms with Crippen LogP contribution in [-0.4, -0.2) is 30.0 Å². The monoisotopic (exact) mass is 336 g/mol. The Kier molecular flexibility index (Phi) is 4.61. The van der Waals surface area contributed by atoms with Crippen LogP contribution in [0.5, 0.6) is 0 Å². The summed E-state index contributed by atoms with van der Waals surface area (Å²) in [5, 5.41) is 19.2. The summed E-state index contributed by atoms with van der Waals surface area (Å²) in [5.74, 6) is -1.50. The minimum absolute atomic E-state index is 0.541. The summed E-state index contributed by atoms with van der Waals surface area (Å²) >= 11 is 5.74. The number of hydrogen-bond donors (Lipinski definition) is 2. The Hall–Kier alpha value is -1.71. The molecular formula is C11H13ClN2O6S. The van der Waals surface area contributed by atoms with Gasteiger partial charge in [0.05, 0.1) is 10.5 Å². The number of sulfonamides is 1. The van der Waals surface area contributed by atoms with Crippen molar-refractivity contribution in [3.8, 4) is 0 Å². The van der Waals surface area contributed by atoms with E-state index < -0.39 is 47.6 Å². The van der Waals surface area contributed by atoms with Crippen LogP contribution in [0.25, 0.3) is 0 Å². The van der Waals surface area contributed by atoms with Gasteiger partial charge >= 0.3 is 5.97 Å². The molecule has 1 aromatic carbocycles. The van der Waals surface area contributed by atoms with Crippen LogP contribution in [0.3, 0.4) is 0 Å². The highest BCUT2D eigenvalue weighted by atomic mass is 35.5. The van der Waals surface area contributed by atoms with E-state index in [4.69, 9.17) is 16.7 Å². The average molecular weight is 337 g/mol. The largest absolute Gasteiger partial charge is 0.478 e. The van der Waals surface area contributed by atoms with Crippen molar-refractivity contribution in [2.45, 2.75) is 31.2 Å². The van der Waals surface area contributed by atoms with E-state index in [0.29, 0.717) is 6.07 Å². The number of carbonyl (C=O) groups is 1. The van der Waals surface area contributed by atoms with E-state index in [2.05, 4.69) is 4.72 Å². The van der Waals surface area contributed by atoms with Crippen molar-refractivity contribution in [3.05, 3.63) is 32.8 Å². The highest BCUT2D eigenvalue weighted by Gasteiger charge is 2.30. The van der Waals surface area contributed by atoms with E-state index in [9.17, 15) is 23.3 Å². The number of nitro benzene ring substituents is 1. The van der Waals surface area contributed by atoms with Crippen molar-refractivity contribution >= 4 is 33.3 Å². The van der Waals surface area contributed by atoms with Crippen molar-refractivity contribution in [2.24, 2.45) is 0 Å². The van der Waals surface area contributed by atoms with Crippen molar-refractivity contribution in [3.63, 3.8) is 0 Å². The van der Waals surface area contributed by atoms with E-state index in [-0.39, 0.29) is 0 Å². The maximum absolute atomic E-state index is 12.2. The zero-order chi connectivity index (χ0) is 16.6. The predicted molar refractivity (Wildman–Crippen MR) is 75.1 cm³/mol. The molecule has 0 unspecified atom stereocenters. The number of nitrogens with zero attached hydrogens (tertiary/aromatic N) is 1. The average Bonchev–Trinajstić information content (AvgIpc) is 2.24. The van der Waals surface area contributed by atoms with Gasteiger partial charge in [0.2, 0.25) is 10.0 Å². The maximum Gasteiger partial charge on any atom is 0.335 e. The first kappa shape index (κ1) is 17.3. The van der Waals surface area contributed by atoms with Crippen LogP contribution >= 0.6 is 11.6 Å². The van der Waals surface area contributed by atoms with Crippen molar-refractivity contribution in [1.82, 2.24) is 4.72 Å². The fraction of sp³-hybridized carbons (Fsp3) is 0.364. The van der Waals surface area contributed by atoms with Gasteiger partial charge in [0.1, 0.15) is 9.92 Å². The normalized spacial score (nSPS) is 12.2. The summed E-state index contributed by atoms with van der Waals surface area (Å²) in [6.07, 6.45) is 0. The number of rotatable bonds is 4. The molecular weight excluding hydrogens is 324 g/mol. The van der Waals surface area contributed by atoms with Crippen LogP contribution in [0.1, 0.15) is 31.1 Å². The molecule has 0 saturated carbocycles. The van der Waals surface area contributed by atoms with Crippen molar-refractivity contribution < 1.29 is 23.2 Å². The molecule has 10 heteroatoms. The Bertz CT molecular complexity index is 708. The zero-order valence-electron chi connectivity index (χ0n) is 11.4. The number of carboxylic acid groups (broad SMARTS) is 1. The quantitative estimate of drug-likeness (QED) is 0.639. The molecule has 0 aromatic heterocycles. The lowest BCUT2D eigenvalue weighted by Gasteiger charge is -2.20. The Morgan fingerprint density at radius 1 is 1.38 bits per heavy atom. The predicted octanol–water partition coefficient (Wildman–Crippen LogP) is 2.02. The first-order valence-electron chi connectivity index (χ1n) is 5.60. The second-order valence-electron chi connectivity index (χ2n) is 5.23. The molecule has 0 aliphatic rings. The molecule has 0 aliphatic carbocycles.